The van der Waals surface area contributed by atoms with Crippen molar-refractivity contribution in [3.8, 4) is 11.3 Å². The maximum atomic E-state index is 13.2. The van der Waals surface area contributed by atoms with Gasteiger partial charge in [-0.15, -0.1) is 0 Å². The van der Waals surface area contributed by atoms with Gasteiger partial charge in [-0.25, -0.2) is 0 Å². The van der Waals surface area contributed by atoms with E-state index in [9.17, 15) is 9.59 Å². The number of nitrogens with zero attached hydrogens (tertiary/aromatic N) is 3. The molecular weight excluding hydrogens is 440 g/mol. The van der Waals surface area contributed by atoms with Crippen LogP contribution >= 0.6 is 11.6 Å². The number of aryl methyl sites for hydroxylation is 1. The van der Waals surface area contributed by atoms with Crippen LogP contribution in [-0.4, -0.2) is 52.1 Å². The number of fused-ring (bicyclic) bond motifs is 1. The Bertz CT molecular complexity index is 1360. The molecule has 1 unspecified atom stereocenters. The first kappa shape index (κ1) is 21.9. The Morgan fingerprint density at radius 3 is 2.73 bits per heavy atom. The summed E-state index contributed by atoms with van der Waals surface area (Å²) in [6, 6.07) is 8.79. The second-order valence-electron chi connectivity index (χ2n) is 8.74. The van der Waals surface area contributed by atoms with Crippen molar-refractivity contribution in [2.45, 2.75) is 13.0 Å². The van der Waals surface area contributed by atoms with Gasteiger partial charge in [-0.1, -0.05) is 42.0 Å². The van der Waals surface area contributed by atoms with Crippen LogP contribution in [0.25, 0.3) is 22.2 Å². The molecule has 1 aliphatic carbocycles. The Morgan fingerprint density at radius 1 is 1.18 bits per heavy atom. The van der Waals surface area contributed by atoms with Crippen molar-refractivity contribution in [1.29, 1.82) is 0 Å². The number of benzene rings is 1. The van der Waals surface area contributed by atoms with E-state index in [1.165, 1.54) is 10.7 Å². The third-order valence-corrected chi connectivity index (χ3v) is 6.65. The van der Waals surface area contributed by atoms with Crippen LogP contribution in [0.15, 0.2) is 63.7 Å². The van der Waals surface area contributed by atoms with E-state index in [0.29, 0.717) is 34.1 Å². The van der Waals surface area contributed by atoms with Crippen LogP contribution in [0.5, 0.6) is 0 Å². The lowest BCUT2D eigenvalue weighted by molar-refractivity contribution is 0.0335. The maximum Gasteiger partial charge on any atom is 0.276 e. The monoisotopic (exact) mass is 466 g/mol. The highest BCUT2D eigenvalue weighted by Gasteiger charge is 2.20. The lowest BCUT2D eigenvalue weighted by Crippen LogP contribution is -2.39. The summed E-state index contributed by atoms with van der Waals surface area (Å²) >= 11 is 6.26. The van der Waals surface area contributed by atoms with Gasteiger partial charge in [0.25, 0.3) is 11.1 Å². The highest BCUT2D eigenvalue weighted by Crippen LogP contribution is 2.28. The summed E-state index contributed by atoms with van der Waals surface area (Å²) in [5.74, 6) is 0.454. The van der Waals surface area contributed by atoms with Crippen molar-refractivity contribution in [3.63, 3.8) is 0 Å². The van der Waals surface area contributed by atoms with Gasteiger partial charge in [0.1, 0.15) is 0 Å². The number of aromatic nitrogens is 3. The Morgan fingerprint density at radius 2 is 2.00 bits per heavy atom. The number of pyridine rings is 1. The summed E-state index contributed by atoms with van der Waals surface area (Å²) in [7, 11) is 1.65. The summed E-state index contributed by atoms with van der Waals surface area (Å²) in [5.41, 5.74) is 2.58. The number of H-pyrrole nitrogens is 1. The molecule has 33 heavy (non-hydrogen) atoms. The number of allylic oxidation sites excluding steroid dienone is 3. The Hall–Kier alpha value is -2.87. The zero-order valence-electron chi connectivity index (χ0n) is 18.6. The average Bonchev–Trinajstić information content (AvgIpc) is 3.09. The predicted octanol–water partition coefficient (Wildman–Crippen LogP) is 3.18. The first-order chi connectivity index (χ1) is 16.0. The van der Waals surface area contributed by atoms with Gasteiger partial charge in [-0.3, -0.25) is 24.3 Å². The summed E-state index contributed by atoms with van der Waals surface area (Å²) in [6.45, 7) is 4.96. The molecule has 7 nitrogen and oxygen atoms in total. The number of morpholine rings is 1. The largest absolute Gasteiger partial charge is 0.379 e. The van der Waals surface area contributed by atoms with Crippen molar-refractivity contribution >= 4 is 22.5 Å². The number of hydrogen-bond donors (Lipinski definition) is 1. The number of rotatable bonds is 5. The molecule has 1 atom stereocenters. The van der Waals surface area contributed by atoms with Crippen LogP contribution in [0.4, 0.5) is 0 Å². The van der Waals surface area contributed by atoms with Gasteiger partial charge in [0.15, 0.2) is 0 Å². The SMILES string of the molecule is Cn1[nH]c2cc(=O)n(CC3=CCC(CN4CCOCC4)C=C3)c(-c3cccc(Cl)c3)c2c1=O. The van der Waals surface area contributed by atoms with Crippen LogP contribution in [0, 0.1) is 5.92 Å². The fourth-order valence-corrected chi connectivity index (χ4v) is 4.89. The van der Waals surface area contributed by atoms with E-state index >= 15 is 0 Å². The molecule has 172 valence electrons. The van der Waals surface area contributed by atoms with Crippen LogP contribution in [0.2, 0.25) is 5.02 Å². The van der Waals surface area contributed by atoms with E-state index in [1.54, 1.807) is 23.7 Å². The van der Waals surface area contributed by atoms with Gasteiger partial charge in [0, 0.05) is 43.3 Å². The summed E-state index contributed by atoms with van der Waals surface area (Å²) in [6.07, 6.45) is 7.49. The number of ether oxygens (including phenoxy) is 1. The molecule has 3 heterocycles. The number of nitrogens with one attached hydrogen (secondary N) is 1. The molecule has 0 saturated carbocycles. The molecule has 1 fully saturated rings. The van der Waals surface area contributed by atoms with Crippen LogP contribution < -0.4 is 11.1 Å². The molecule has 2 aromatic heterocycles. The topological polar surface area (TPSA) is 72.3 Å². The molecule has 0 spiro atoms. The van der Waals surface area contributed by atoms with Crippen molar-refractivity contribution in [2.24, 2.45) is 13.0 Å². The molecule has 1 saturated heterocycles. The molecule has 0 bridgehead atoms. The standard InChI is InChI=1S/C25H27ClN4O3/c1-28-25(32)23-21(27-28)14-22(31)30(24(23)19-3-2-4-20(26)13-19)16-18-7-5-17(6-8-18)15-29-9-11-33-12-10-29/h2-5,7-8,13-14,17,27H,6,9-12,15-16H2,1H3. The Kier molecular flexibility index (Phi) is 6.10. The minimum absolute atomic E-state index is 0.163. The van der Waals surface area contributed by atoms with Gasteiger partial charge >= 0.3 is 0 Å². The number of aromatic amines is 1. The van der Waals surface area contributed by atoms with Gasteiger partial charge < -0.3 is 9.30 Å². The minimum Gasteiger partial charge on any atom is -0.379 e. The van der Waals surface area contributed by atoms with Crippen molar-refractivity contribution in [1.82, 2.24) is 19.2 Å². The molecule has 2 aliphatic rings. The van der Waals surface area contributed by atoms with Crippen LogP contribution in [0.1, 0.15) is 6.42 Å². The highest BCUT2D eigenvalue weighted by atomic mass is 35.5. The summed E-state index contributed by atoms with van der Waals surface area (Å²) in [4.78, 5) is 28.5. The zero-order valence-corrected chi connectivity index (χ0v) is 19.3. The van der Waals surface area contributed by atoms with Gasteiger partial charge in [-0.2, -0.15) is 0 Å². The Labute approximate surface area is 196 Å². The fourth-order valence-electron chi connectivity index (χ4n) is 4.70. The molecule has 5 rings (SSSR count). The molecule has 3 aromatic rings. The molecular formula is C25H27ClN4O3. The molecule has 8 heteroatoms. The number of hydrogen-bond acceptors (Lipinski definition) is 4. The lowest BCUT2D eigenvalue weighted by atomic mass is 9.95. The van der Waals surface area contributed by atoms with Gasteiger partial charge in [0.05, 0.1) is 36.4 Å². The molecule has 0 radical (unpaired) electrons. The molecule has 0 amide bonds. The van der Waals surface area contributed by atoms with E-state index in [2.05, 4.69) is 28.2 Å². The van der Waals surface area contributed by atoms with E-state index in [1.807, 2.05) is 12.1 Å². The van der Waals surface area contributed by atoms with Gasteiger partial charge in [-0.05, 0) is 30.0 Å². The smallest absolute Gasteiger partial charge is 0.276 e. The summed E-state index contributed by atoms with van der Waals surface area (Å²) in [5, 5.41) is 4.03. The second-order valence-corrected chi connectivity index (χ2v) is 9.18. The second kappa shape index (κ2) is 9.17. The van der Waals surface area contributed by atoms with Crippen molar-refractivity contribution < 1.29 is 4.74 Å². The van der Waals surface area contributed by atoms with E-state index < -0.39 is 0 Å². The van der Waals surface area contributed by atoms with Crippen LogP contribution in [0.3, 0.4) is 0 Å². The van der Waals surface area contributed by atoms with Gasteiger partial charge in [0.2, 0.25) is 0 Å². The normalized spacial score (nSPS) is 19.2. The first-order valence-corrected chi connectivity index (χ1v) is 11.6. The third-order valence-electron chi connectivity index (χ3n) is 6.42. The Balaban J connectivity index is 1.48. The molecule has 1 aromatic carbocycles. The lowest BCUT2D eigenvalue weighted by Gasteiger charge is -2.30. The average molecular weight is 467 g/mol. The number of halogens is 1. The fraction of sp³-hybridized carbons (Fsp3) is 0.360. The quantitative estimate of drug-likeness (QED) is 0.627. The van der Waals surface area contributed by atoms with Crippen LogP contribution in [-0.2, 0) is 18.3 Å². The predicted molar refractivity (Wildman–Crippen MR) is 131 cm³/mol. The maximum absolute atomic E-state index is 13.2. The zero-order chi connectivity index (χ0) is 22.9. The minimum atomic E-state index is -0.174. The summed E-state index contributed by atoms with van der Waals surface area (Å²) < 4.78 is 8.52. The van der Waals surface area contributed by atoms with E-state index in [0.717, 1.165) is 50.4 Å². The first-order valence-electron chi connectivity index (χ1n) is 11.3. The molecule has 1 aliphatic heterocycles. The highest BCUT2D eigenvalue weighted by molar-refractivity contribution is 6.30. The third kappa shape index (κ3) is 4.49. The van der Waals surface area contributed by atoms with Crippen molar-refractivity contribution in [2.75, 3.05) is 32.8 Å². The molecule has 1 N–H and O–H groups in total. The van der Waals surface area contributed by atoms with E-state index in [4.69, 9.17) is 16.3 Å². The van der Waals surface area contributed by atoms with Crippen molar-refractivity contribution in [3.05, 3.63) is 79.9 Å². The van der Waals surface area contributed by atoms with E-state index in [-0.39, 0.29) is 11.1 Å².